The molecule has 0 saturated heterocycles. The fraction of sp³-hybridized carbons (Fsp3) is 0.348. The van der Waals surface area contributed by atoms with Gasteiger partial charge in [-0.1, -0.05) is 35.5 Å². The van der Waals surface area contributed by atoms with E-state index < -0.39 is 0 Å². The number of amides is 1. The molecule has 1 amide bonds. The van der Waals surface area contributed by atoms with Gasteiger partial charge >= 0.3 is 0 Å². The molecular formula is C23H28N4O2S. The first kappa shape index (κ1) is 21.9. The van der Waals surface area contributed by atoms with Gasteiger partial charge in [0.1, 0.15) is 12.4 Å². The van der Waals surface area contributed by atoms with E-state index >= 15 is 0 Å². The maximum absolute atomic E-state index is 12.4. The SMILES string of the molecule is CCn1c(COc2cc(C)cc(C)c2)nnc1SCC(=O)Nc1ccc(C)cc1C. The van der Waals surface area contributed by atoms with Gasteiger partial charge in [0, 0.05) is 12.2 Å². The molecule has 158 valence electrons. The molecule has 0 aliphatic carbocycles. The second kappa shape index (κ2) is 9.80. The maximum atomic E-state index is 12.4. The fourth-order valence-corrected chi connectivity index (χ4v) is 4.11. The summed E-state index contributed by atoms with van der Waals surface area (Å²) in [5, 5.41) is 12.2. The van der Waals surface area contributed by atoms with Crippen LogP contribution in [0, 0.1) is 27.7 Å². The van der Waals surface area contributed by atoms with Gasteiger partial charge in [-0.3, -0.25) is 4.79 Å². The molecule has 30 heavy (non-hydrogen) atoms. The number of carbonyl (C=O) groups is 1. The van der Waals surface area contributed by atoms with E-state index in [0.717, 1.165) is 34.0 Å². The minimum atomic E-state index is -0.0642. The number of anilines is 1. The molecule has 0 bridgehead atoms. The molecule has 1 aromatic heterocycles. The first-order valence-corrected chi connectivity index (χ1v) is 11.0. The maximum Gasteiger partial charge on any atom is 0.234 e. The lowest BCUT2D eigenvalue weighted by atomic mass is 10.1. The first-order chi connectivity index (χ1) is 14.4. The van der Waals surface area contributed by atoms with Crippen LogP contribution in [-0.2, 0) is 17.9 Å². The number of hydrogen-bond acceptors (Lipinski definition) is 5. The number of benzene rings is 2. The highest BCUT2D eigenvalue weighted by molar-refractivity contribution is 7.99. The highest BCUT2D eigenvalue weighted by Gasteiger charge is 2.14. The third-order valence-corrected chi connectivity index (χ3v) is 5.63. The zero-order valence-electron chi connectivity index (χ0n) is 18.2. The Labute approximate surface area is 182 Å². The smallest absolute Gasteiger partial charge is 0.234 e. The normalized spacial score (nSPS) is 10.8. The van der Waals surface area contributed by atoms with Gasteiger partial charge in [0.2, 0.25) is 5.91 Å². The minimum Gasteiger partial charge on any atom is -0.486 e. The van der Waals surface area contributed by atoms with Crippen LogP contribution >= 0.6 is 11.8 Å². The number of aromatic nitrogens is 3. The quantitative estimate of drug-likeness (QED) is 0.524. The summed E-state index contributed by atoms with van der Waals surface area (Å²) in [6, 6.07) is 12.1. The van der Waals surface area contributed by atoms with Gasteiger partial charge in [-0.15, -0.1) is 10.2 Å². The summed E-state index contributed by atoms with van der Waals surface area (Å²) in [5.74, 6) is 1.77. The zero-order chi connectivity index (χ0) is 21.7. The van der Waals surface area contributed by atoms with E-state index in [4.69, 9.17) is 4.74 Å². The van der Waals surface area contributed by atoms with Crippen LogP contribution in [0.5, 0.6) is 5.75 Å². The van der Waals surface area contributed by atoms with E-state index in [1.165, 1.54) is 17.3 Å². The Balaban J connectivity index is 1.60. The minimum absolute atomic E-state index is 0.0642. The summed E-state index contributed by atoms with van der Waals surface area (Å²) in [5.41, 5.74) is 5.38. The zero-order valence-corrected chi connectivity index (χ0v) is 19.0. The predicted molar refractivity (Wildman–Crippen MR) is 121 cm³/mol. The average molecular weight is 425 g/mol. The molecule has 6 nitrogen and oxygen atoms in total. The van der Waals surface area contributed by atoms with Crippen LogP contribution in [0.1, 0.15) is 35.0 Å². The molecule has 7 heteroatoms. The van der Waals surface area contributed by atoms with Gasteiger partial charge in [0.15, 0.2) is 11.0 Å². The van der Waals surface area contributed by atoms with Crippen LogP contribution in [-0.4, -0.2) is 26.4 Å². The first-order valence-electron chi connectivity index (χ1n) is 9.98. The van der Waals surface area contributed by atoms with Crippen LogP contribution in [0.3, 0.4) is 0 Å². The van der Waals surface area contributed by atoms with Crippen LogP contribution in [0.2, 0.25) is 0 Å². The van der Waals surface area contributed by atoms with Crippen molar-refractivity contribution in [3.05, 3.63) is 64.5 Å². The lowest BCUT2D eigenvalue weighted by Gasteiger charge is -2.11. The van der Waals surface area contributed by atoms with Crippen molar-refractivity contribution in [1.82, 2.24) is 14.8 Å². The van der Waals surface area contributed by atoms with Crippen molar-refractivity contribution in [1.29, 1.82) is 0 Å². The van der Waals surface area contributed by atoms with Gasteiger partial charge in [0.25, 0.3) is 0 Å². The van der Waals surface area contributed by atoms with Crippen LogP contribution < -0.4 is 10.1 Å². The summed E-state index contributed by atoms with van der Waals surface area (Å²) in [4.78, 5) is 12.4. The topological polar surface area (TPSA) is 69.0 Å². The summed E-state index contributed by atoms with van der Waals surface area (Å²) in [6.45, 7) is 11.2. The van der Waals surface area contributed by atoms with E-state index in [9.17, 15) is 4.79 Å². The van der Waals surface area contributed by atoms with Crippen molar-refractivity contribution in [2.45, 2.75) is 52.9 Å². The number of rotatable bonds is 8. The number of nitrogens with one attached hydrogen (secondary N) is 1. The second-order valence-corrected chi connectivity index (χ2v) is 8.35. The summed E-state index contributed by atoms with van der Waals surface area (Å²) < 4.78 is 7.91. The summed E-state index contributed by atoms with van der Waals surface area (Å²) in [7, 11) is 0. The van der Waals surface area contributed by atoms with Crippen LogP contribution in [0.25, 0.3) is 0 Å². The molecular weight excluding hydrogens is 396 g/mol. The Hall–Kier alpha value is -2.80. The lowest BCUT2D eigenvalue weighted by Crippen LogP contribution is -2.15. The number of ether oxygens (including phenoxy) is 1. The van der Waals surface area contributed by atoms with Gasteiger partial charge in [0.05, 0.1) is 5.75 Å². The third-order valence-electron chi connectivity index (χ3n) is 4.66. The molecule has 3 aromatic rings. The Morgan fingerprint density at radius 2 is 1.77 bits per heavy atom. The fourth-order valence-electron chi connectivity index (χ4n) is 3.28. The molecule has 1 heterocycles. The molecule has 3 rings (SSSR count). The third kappa shape index (κ3) is 5.63. The Morgan fingerprint density at radius 3 is 2.43 bits per heavy atom. The number of nitrogens with zero attached hydrogens (tertiary/aromatic N) is 3. The van der Waals surface area contributed by atoms with Crippen molar-refractivity contribution in [2.24, 2.45) is 0 Å². The molecule has 0 aliphatic rings. The highest BCUT2D eigenvalue weighted by Crippen LogP contribution is 2.21. The standard InChI is InChI=1S/C23H28N4O2S/c1-6-27-21(13-29-19-11-16(3)9-17(4)12-19)25-26-23(27)30-14-22(28)24-20-8-7-15(2)10-18(20)5/h7-12H,6,13-14H2,1-5H3,(H,24,28). The van der Waals surface area contributed by atoms with Gasteiger partial charge < -0.3 is 14.6 Å². The molecule has 2 aromatic carbocycles. The van der Waals surface area contributed by atoms with E-state index in [-0.39, 0.29) is 11.7 Å². The molecule has 0 spiro atoms. The Morgan fingerprint density at radius 1 is 1.03 bits per heavy atom. The molecule has 0 saturated carbocycles. The number of carbonyl (C=O) groups excluding carboxylic acids is 1. The molecule has 0 atom stereocenters. The van der Waals surface area contributed by atoms with E-state index in [2.05, 4.69) is 27.6 Å². The van der Waals surface area contributed by atoms with Gasteiger partial charge in [-0.2, -0.15) is 0 Å². The van der Waals surface area contributed by atoms with Crippen molar-refractivity contribution in [2.75, 3.05) is 11.1 Å². The highest BCUT2D eigenvalue weighted by atomic mass is 32.2. The largest absolute Gasteiger partial charge is 0.486 e. The number of hydrogen-bond donors (Lipinski definition) is 1. The molecule has 0 radical (unpaired) electrons. The molecule has 0 unspecified atom stereocenters. The van der Waals surface area contributed by atoms with Crippen LogP contribution in [0.15, 0.2) is 41.6 Å². The van der Waals surface area contributed by atoms with E-state index in [1.807, 2.05) is 63.5 Å². The Bertz CT molecular complexity index is 1030. The van der Waals surface area contributed by atoms with Crippen molar-refractivity contribution < 1.29 is 9.53 Å². The molecule has 1 N–H and O–H groups in total. The second-order valence-electron chi connectivity index (χ2n) is 7.41. The molecule has 0 aliphatic heterocycles. The van der Waals surface area contributed by atoms with Crippen molar-refractivity contribution in [3.8, 4) is 5.75 Å². The van der Waals surface area contributed by atoms with E-state index in [1.54, 1.807) is 0 Å². The Kier molecular flexibility index (Phi) is 7.15. The summed E-state index contributed by atoms with van der Waals surface area (Å²) >= 11 is 1.38. The monoisotopic (exact) mass is 424 g/mol. The van der Waals surface area contributed by atoms with Crippen molar-refractivity contribution >= 4 is 23.4 Å². The lowest BCUT2D eigenvalue weighted by molar-refractivity contribution is -0.113. The van der Waals surface area contributed by atoms with Gasteiger partial charge in [-0.25, -0.2) is 0 Å². The predicted octanol–water partition coefficient (Wildman–Crippen LogP) is 4.84. The summed E-state index contributed by atoms with van der Waals surface area (Å²) in [6.07, 6.45) is 0. The average Bonchev–Trinajstić information content (AvgIpc) is 3.08. The number of thioether (sulfide) groups is 1. The van der Waals surface area contributed by atoms with E-state index in [0.29, 0.717) is 18.3 Å². The van der Waals surface area contributed by atoms with Crippen LogP contribution in [0.4, 0.5) is 5.69 Å². The number of aryl methyl sites for hydroxylation is 4. The van der Waals surface area contributed by atoms with Gasteiger partial charge in [-0.05, 0) is 69.5 Å². The molecule has 0 fully saturated rings. The van der Waals surface area contributed by atoms with Crippen molar-refractivity contribution in [3.63, 3.8) is 0 Å².